The molecule has 0 radical (unpaired) electrons. The van der Waals surface area contributed by atoms with Gasteiger partial charge in [-0.1, -0.05) is 43.2 Å². The first-order valence-electron chi connectivity index (χ1n) is 8.24. The fourth-order valence-electron chi connectivity index (χ4n) is 3.93. The Morgan fingerprint density at radius 3 is 2.67 bits per heavy atom. The van der Waals surface area contributed by atoms with Crippen LogP contribution in [0.25, 0.3) is 0 Å². The third-order valence-electron chi connectivity index (χ3n) is 5.37. The molecule has 114 valence electrons. The summed E-state index contributed by atoms with van der Waals surface area (Å²) in [6.45, 7) is 4.88. The van der Waals surface area contributed by atoms with Gasteiger partial charge in [0.2, 0.25) is 5.91 Å². The minimum Gasteiger partial charge on any atom is -0.351 e. The van der Waals surface area contributed by atoms with Gasteiger partial charge in [-0.2, -0.15) is 0 Å². The molecule has 0 aromatic heterocycles. The van der Waals surface area contributed by atoms with Gasteiger partial charge in [-0.05, 0) is 43.7 Å². The minimum atomic E-state index is -0.00585. The summed E-state index contributed by atoms with van der Waals surface area (Å²) in [6, 6.07) is 10.1. The molecule has 1 spiro atoms. The normalized spacial score (nSPS) is 22.5. The predicted molar refractivity (Wildman–Crippen MR) is 84.8 cm³/mol. The molecule has 1 aromatic rings. The molecule has 1 N–H and O–H groups in total. The molecule has 2 aliphatic rings. The number of hydrogen-bond acceptors (Lipinski definition) is 2. The van der Waals surface area contributed by atoms with Crippen molar-refractivity contribution in [3.05, 3.63) is 35.9 Å². The van der Waals surface area contributed by atoms with Crippen LogP contribution in [0, 0.1) is 5.41 Å². The lowest BCUT2D eigenvalue weighted by Gasteiger charge is -2.27. The second-order valence-electron chi connectivity index (χ2n) is 6.81. The molecule has 1 atom stereocenters. The van der Waals surface area contributed by atoms with E-state index in [1.54, 1.807) is 0 Å². The zero-order chi connectivity index (χ0) is 14.7. The summed E-state index contributed by atoms with van der Waals surface area (Å²) in [7, 11) is 0. The van der Waals surface area contributed by atoms with Gasteiger partial charge < -0.3 is 5.32 Å². The quantitative estimate of drug-likeness (QED) is 0.923. The molecule has 21 heavy (non-hydrogen) atoms. The first-order chi connectivity index (χ1) is 10.2. The van der Waals surface area contributed by atoms with Crippen LogP contribution in [-0.4, -0.2) is 29.9 Å². The number of nitrogens with one attached hydrogen (secondary N) is 1. The SMILES string of the molecule is C[C@@H](C(=O)NCc1ccccc1)N1CCC2(CCCC2)C1. The Bertz CT molecular complexity index is 479. The Balaban J connectivity index is 1.51. The number of rotatable bonds is 4. The van der Waals surface area contributed by atoms with Crippen molar-refractivity contribution in [2.24, 2.45) is 5.41 Å². The molecule has 0 bridgehead atoms. The van der Waals surface area contributed by atoms with Crippen molar-refractivity contribution in [1.82, 2.24) is 10.2 Å². The van der Waals surface area contributed by atoms with Crippen molar-refractivity contribution in [3.63, 3.8) is 0 Å². The molecule has 1 saturated heterocycles. The number of carbonyl (C=O) groups excluding carboxylic acids is 1. The van der Waals surface area contributed by atoms with E-state index in [1.165, 1.54) is 32.1 Å². The van der Waals surface area contributed by atoms with Crippen LogP contribution < -0.4 is 5.32 Å². The summed E-state index contributed by atoms with van der Waals surface area (Å²) in [5.74, 6) is 0.161. The van der Waals surface area contributed by atoms with Gasteiger partial charge in [-0.3, -0.25) is 9.69 Å². The van der Waals surface area contributed by atoms with Crippen LogP contribution >= 0.6 is 0 Å². The van der Waals surface area contributed by atoms with E-state index in [4.69, 9.17) is 0 Å². The highest BCUT2D eigenvalue weighted by Crippen LogP contribution is 2.45. The Morgan fingerprint density at radius 1 is 1.24 bits per heavy atom. The highest BCUT2D eigenvalue weighted by atomic mass is 16.2. The molecule has 1 saturated carbocycles. The van der Waals surface area contributed by atoms with Crippen LogP contribution in [0.1, 0.15) is 44.6 Å². The summed E-state index contributed by atoms with van der Waals surface area (Å²) in [5, 5.41) is 3.07. The van der Waals surface area contributed by atoms with Crippen LogP contribution in [-0.2, 0) is 11.3 Å². The van der Waals surface area contributed by atoms with Gasteiger partial charge in [0, 0.05) is 13.1 Å². The maximum atomic E-state index is 12.4. The maximum Gasteiger partial charge on any atom is 0.237 e. The Labute approximate surface area is 127 Å². The van der Waals surface area contributed by atoms with E-state index in [-0.39, 0.29) is 11.9 Å². The van der Waals surface area contributed by atoms with E-state index < -0.39 is 0 Å². The van der Waals surface area contributed by atoms with E-state index in [0.717, 1.165) is 18.7 Å². The molecular formula is C18H26N2O. The largest absolute Gasteiger partial charge is 0.351 e. The van der Waals surface area contributed by atoms with Crippen molar-refractivity contribution in [3.8, 4) is 0 Å². The molecule has 3 nitrogen and oxygen atoms in total. The maximum absolute atomic E-state index is 12.4. The van der Waals surface area contributed by atoms with Gasteiger partial charge in [0.15, 0.2) is 0 Å². The van der Waals surface area contributed by atoms with Gasteiger partial charge in [0.25, 0.3) is 0 Å². The molecule has 1 heterocycles. The van der Waals surface area contributed by atoms with Gasteiger partial charge in [0.1, 0.15) is 0 Å². The van der Waals surface area contributed by atoms with E-state index in [2.05, 4.69) is 10.2 Å². The number of carbonyl (C=O) groups is 1. The van der Waals surface area contributed by atoms with Crippen LogP contribution in [0.2, 0.25) is 0 Å². The molecule has 1 aliphatic heterocycles. The Kier molecular flexibility index (Phi) is 4.29. The summed E-state index contributed by atoms with van der Waals surface area (Å²) >= 11 is 0. The average Bonchev–Trinajstić information content (AvgIpc) is 3.16. The van der Waals surface area contributed by atoms with Crippen LogP contribution in [0.3, 0.4) is 0 Å². The van der Waals surface area contributed by atoms with Crippen molar-refractivity contribution in [2.45, 2.75) is 51.6 Å². The van der Waals surface area contributed by atoms with Crippen molar-refractivity contribution in [2.75, 3.05) is 13.1 Å². The second-order valence-corrected chi connectivity index (χ2v) is 6.81. The molecule has 1 aromatic carbocycles. The fourth-order valence-corrected chi connectivity index (χ4v) is 3.93. The van der Waals surface area contributed by atoms with Gasteiger partial charge in [0.05, 0.1) is 6.04 Å². The van der Waals surface area contributed by atoms with Crippen LogP contribution in [0.4, 0.5) is 0 Å². The number of likely N-dealkylation sites (tertiary alicyclic amines) is 1. The van der Waals surface area contributed by atoms with Crippen molar-refractivity contribution in [1.29, 1.82) is 0 Å². The van der Waals surface area contributed by atoms with Crippen LogP contribution in [0.5, 0.6) is 0 Å². The third-order valence-corrected chi connectivity index (χ3v) is 5.37. The van der Waals surface area contributed by atoms with Gasteiger partial charge >= 0.3 is 0 Å². The Morgan fingerprint density at radius 2 is 1.95 bits per heavy atom. The Hall–Kier alpha value is -1.35. The summed E-state index contributed by atoms with van der Waals surface area (Å²) < 4.78 is 0. The first kappa shape index (κ1) is 14.6. The molecule has 1 amide bonds. The highest BCUT2D eigenvalue weighted by Gasteiger charge is 2.42. The predicted octanol–water partition coefficient (Wildman–Crippen LogP) is 2.96. The third kappa shape index (κ3) is 3.29. The smallest absolute Gasteiger partial charge is 0.237 e. The fraction of sp³-hybridized carbons (Fsp3) is 0.611. The van der Waals surface area contributed by atoms with Crippen molar-refractivity contribution >= 4 is 5.91 Å². The van der Waals surface area contributed by atoms with Crippen molar-refractivity contribution < 1.29 is 4.79 Å². The monoisotopic (exact) mass is 286 g/mol. The minimum absolute atomic E-state index is 0.00585. The lowest BCUT2D eigenvalue weighted by atomic mass is 9.86. The highest BCUT2D eigenvalue weighted by molar-refractivity contribution is 5.81. The molecule has 3 rings (SSSR count). The standard InChI is InChI=1S/C18H26N2O/c1-15(17(21)19-13-16-7-3-2-4-8-16)20-12-11-18(14-20)9-5-6-10-18/h2-4,7-8,15H,5-6,9-14H2,1H3,(H,19,21)/t15-/m0/s1. The topological polar surface area (TPSA) is 32.3 Å². The van der Waals surface area contributed by atoms with Gasteiger partial charge in [-0.15, -0.1) is 0 Å². The molecular weight excluding hydrogens is 260 g/mol. The van der Waals surface area contributed by atoms with E-state index in [0.29, 0.717) is 12.0 Å². The summed E-state index contributed by atoms with van der Waals surface area (Å²) in [5.41, 5.74) is 1.69. The average molecular weight is 286 g/mol. The number of amides is 1. The molecule has 2 fully saturated rings. The summed E-state index contributed by atoms with van der Waals surface area (Å²) in [4.78, 5) is 14.7. The molecule has 3 heteroatoms. The second kappa shape index (κ2) is 6.18. The first-order valence-corrected chi connectivity index (χ1v) is 8.24. The lowest BCUT2D eigenvalue weighted by molar-refractivity contribution is -0.125. The zero-order valence-corrected chi connectivity index (χ0v) is 13.0. The van der Waals surface area contributed by atoms with Gasteiger partial charge in [-0.25, -0.2) is 0 Å². The summed E-state index contributed by atoms with van der Waals surface area (Å²) in [6.07, 6.45) is 6.76. The zero-order valence-electron chi connectivity index (χ0n) is 13.0. The number of hydrogen-bond donors (Lipinski definition) is 1. The van der Waals surface area contributed by atoms with E-state index in [9.17, 15) is 4.79 Å². The number of benzene rings is 1. The lowest BCUT2D eigenvalue weighted by Crippen LogP contribution is -2.44. The molecule has 0 unspecified atom stereocenters. The number of nitrogens with zero attached hydrogens (tertiary/aromatic N) is 1. The van der Waals surface area contributed by atoms with E-state index >= 15 is 0 Å². The van der Waals surface area contributed by atoms with E-state index in [1.807, 2.05) is 37.3 Å². The molecule has 1 aliphatic carbocycles. The van der Waals surface area contributed by atoms with Crippen LogP contribution in [0.15, 0.2) is 30.3 Å².